The van der Waals surface area contributed by atoms with Gasteiger partial charge in [-0.15, -0.1) is 0 Å². The maximum Gasteiger partial charge on any atom is 0.256 e. The zero-order valence-electron chi connectivity index (χ0n) is 9.37. The molecule has 1 unspecified atom stereocenters. The molecule has 0 radical (unpaired) electrons. The van der Waals surface area contributed by atoms with Gasteiger partial charge in [0.1, 0.15) is 0 Å². The molecule has 90 valence electrons. The lowest BCUT2D eigenvalue weighted by Gasteiger charge is -2.17. The number of carbonyl (C=O) groups is 1. The summed E-state index contributed by atoms with van der Waals surface area (Å²) in [6.45, 7) is 3.97. The molecule has 0 saturated heterocycles. The highest BCUT2D eigenvalue weighted by Gasteiger charge is 2.17. The third-order valence-corrected chi connectivity index (χ3v) is 2.47. The van der Waals surface area contributed by atoms with Crippen molar-refractivity contribution in [2.24, 2.45) is 5.92 Å². The summed E-state index contributed by atoms with van der Waals surface area (Å²) in [6, 6.07) is 1.25. The van der Waals surface area contributed by atoms with Gasteiger partial charge in [0.15, 0.2) is 0 Å². The lowest BCUT2D eigenvalue weighted by atomic mass is 10.0. The van der Waals surface area contributed by atoms with Gasteiger partial charge < -0.3 is 14.8 Å². The first-order valence-electron chi connectivity index (χ1n) is 5.19. The van der Waals surface area contributed by atoms with Crippen LogP contribution in [0.1, 0.15) is 30.6 Å². The summed E-state index contributed by atoms with van der Waals surface area (Å²) in [5, 5.41) is 11.9. The van der Waals surface area contributed by atoms with E-state index in [2.05, 4.69) is 5.32 Å². The number of amides is 1. The van der Waals surface area contributed by atoms with Crippen LogP contribution in [0.5, 0.6) is 0 Å². The van der Waals surface area contributed by atoms with E-state index in [9.17, 15) is 4.79 Å². The van der Waals surface area contributed by atoms with Crippen LogP contribution in [0.25, 0.3) is 0 Å². The Balaban J connectivity index is 2.59. The molecule has 2 N–H and O–H groups in total. The summed E-state index contributed by atoms with van der Waals surface area (Å²) in [6.07, 6.45) is 2.07. The van der Waals surface area contributed by atoms with Gasteiger partial charge in [-0.3, -0.25) is 4.79 Å². The summed E-state index contributed by atoms with van der Waals surface area (Å²) in [7, 11) is 0. The van der Waals surface area contributed by atoms with Crippen LogP contribution in [0.2, 0.25) is 5.22 Å². The average Bonchev–Trinajstić information content (AvgIpc) is 2.62. The second-order valence-corrected chi connectivity index (χ2v) is 4.43. The third-order valence-electron chi connectivity index (χ3n) is 2.17. The largest absolute Gasteiger partial charge is 0.452 e. The predicted octanol–water partition coefficient (Wildman–Crippen LogP) is 2.07. The summed E-state index contributed by atoms with van der Waals surface area (Å²) in [4.78, 5) is 11.7. The van der Waals surface area contributed by atoms with Gasteiger partial charge in [-0.25, -0.2) is 0 Å². The smallest absolute Gasteiger partial charge is 0.256 e. The molecule has 0 aliphatic heterocycles. The van der Waals surface area contributed by atoms with Crippen LogP contribution >= 0.6 is 11.6 Å². The average molecular weight is 246 g/mol. The molecule has 1 rings (SSSR count). The number of hydrogen-bond acceptors (Lipinski definition) is 3. The molecule has 5 heteroatoms. The standard InChI is InChI=1S/C11H16ClNO3/c1-7(2)5-8(6-14)13-11(15)9-3-4-16-10(9)12/h3-4,7-8,14H,5-6H2,1-2H3,(H,13,15). The number of halogens is 1. The lowest BCUT2D eigenvalue weighted by Crippen LogP contribution is -2.38. The van der Waals surface area contributed by atoms with Crippen molar-refractivity contribution in [2.75, 3.05) is 6.61 Å². The molecule has 1 atom stereocenters. The molecule has 0 bridgehead atoms. The van der Waals surface area contributed by atoms with Crippen LogP contribution in [0.15, 0.2) is 16.7 Å². The Bertz CT molecular complexity index is 349. The van der Waals surface area contributed by atoms with Crippen molar-refractivity contribution in [3.8, 4) is 0 Å². The van der Waals surface area contributed by atoms with Crippen LogP contribution < -0.4 is 5.32 Å². The number of furan rings is 1. The van der Waals surface area contributed by atoms with E-state index in [4.69, 9.17) is 21.1 Å². The number of hydrogen-bond donors (Lipinski definition) is 2. The fraction of sp³-hybridized carbons (Fsp3) is 0.545. The highest BCUT2D eigenvalue weighted by Crippen LogP contribution is 2.16. The van der Waals surface area contributed by atoms with E-state index < -0.39 is 0 Å². The van der Waals surface area contributed by atoms with E-state index >= 15 is 0 Å². The molecule has 1 heterocycles. The van der Waals surface area contributed by atoms with Crippen LogP contribution in [-0.4, -0.2) is 23.7 Å². The van der Waals surface area contributed by atoms with E-state index in [0.717, 1.165) is 6.42 Å². The fourth-order valence-corrected chi connectivity index (χ4v) is 1.67. The minimum absolute atomic E-state index is 0.0683. The highest BCUT2D eigenvalue weighted by molar-refractivity contribution is 6.32. The van der Waals surface area contributed by atoms with Crippen molar-refractivity contribution in [1.82, 2.24) is 5.32 Å². The first kappa shape index (κ1) is 13.1. The van der Waals surface area contributed by atoms with Crippen LogP contribution in [0.3, 0.4) is 0 Å². The Labute approximate surface area is 99.6 Å². The summed E-state index contributed by atoms with van der Waals surface area (Å²) in [5.74, 6) is 0.0794. The maximum absolute atomic E-state index is 11.7. The Morgan fingerprint density at radius 1 is 1.62 bits per heavy atom. The Kier molecular flexibility index (Phi) is 4.83. The molecular formula is C11H16ClNO3. The van der Waals surface area contributed by atoms with Crippen molar-refractivity contribution in [3.63, 3.8) is 0 Å². The molecular weight excluding hydrogens is 230 g/mol. The molecule has 1 amide bonds. The molecule has 0 aromatic carbocycles. The Morgan fingerprint density at radius 2 is 2.31 bits per heavy atom. The summed E-state index contributed by atoms with van der Waals surface area (Å²) >= 11 is 5.68. The van der Waals surface area contributed by atoms with Crippen molar-refractivity contribution in [2.45, 2.75) is 26.3 Å². The van der Waals surface area contributed by atoms with Gasteiger partial charge in [0, 0.05) is 0 Å². The molecule has 16 heavy (non-hydrogen) atoms. The van der Waals surface area contributed by atoms with Gasteiger partial charge in [0.05, 0.1) is 24.5 Å². The maximum atomic E-state index is 11.7. The van der Waals surface area contributed by atoms with Gasteiger partial charge in [0.2, 0.25) is 5.22 Å². The first-order chi connectivity index (χ1) is 7.54. The summed E-state index contributed by atoms with van der Waals surface area (Å²) in [5.41, 5.74) is 0.295. The topological polar surface area (TPSA) is 62.5 Å². The highest BCUT2D eigenvalue weighted by atomic mass is 35.5. The quantitative estimate of drug-likeness (QED) is 0.835. The van der Waals surface area contributed by atoms with Gasteiger partial charge in [0.25, 0.3) is 5.91 Å². The van der Waals surface area contributed by atoms with Crippen LogP contribution in [0, 0.1) is 5.92 Å². The molecule has 4 nitrogen and oxygen atoms in total. The number of nitrogens with one attached hydrogen (secondary N) is 1. The van der Waals surface area contributed by atoms with E-state index in [0.29, 0.717) is 11.5 Å². The molecule has 0 spiro atoms. The number of rotatable bonds is 5. The van der Waals surface area contributed by atoms with Gasteiger partial charge in [-0.05, 0) is 30.0 Å². The Hall–Kier alpha value is -1.00. The SMILES string of the molecule is CC(C)CC(CO)NC(=O)c1ccoc1Cl. The molecule has 0 saturated carbocycles. The molecule has 0 fully saturated rings. The van der Waals surface area contributed by atoms with Gasteiger partial charge in [-0.2, -0.15) is 0 Å². The lowest BCUT2D eigenvalue weighted by molar-refractivity contribution is 0.0908. The van der Waals surface area contributed by atoms with Gasteiger partial charge >= 0.3 is 0 Å². The minimum atomic E-state index is -0.321. The van der Waals surface area contributed by atoms with Crippen molar-refractivity contribution < 1.29 is 14.3 Å². The number of carbonyl (C=O) groups excluding carboxylic acids is 1. The predicted molar refractivity (Wildman–Crippen MR) is 61.5 cm³/mol. The molecule has 1 aromatic rings. The zero-order valence-corrected chi connectivity index (χ0v) is 10.1. The Morgan fingerprint density at radius 3 is 2.75 bits per heavy atom. The second kappa shape index (κ2) is 5.92. The van der Waals surface area contributed by atoms with E-state index in [1.165, 1.54) is 12.3 Å². The minimum Gasteiger partial charge on any atom is -0.452 e. The molecule has 0 aliphatic carbocycles. The van der Waals surface area contributed by atoms with E-state index in [1.54, 1.807) is 0 Å². The monoisotopic (exact) mass is 245 g/mol. The van der Waals surface area contributed by atoms with Crippen molar-refractivity contribution in [1.29, 1.82) is 0 Å². The van der Waals surface area contributed by atoms with E-state index in [1.807, 2.05) is 13.8 Å². The van der Waals surface area contributed by atoms with Crippen LogP contribution in [0.4, 0.5) is 0 Å². The molecule has 0 aliphatic rings. The normalized spacial score (nSPS) is 12.8. The number of aliphatic hydroxyl groups excluding tert-OH is 1. The number of aliphatic hydroxyl groups is 1. The fourth-order valence-electron chi connectivity index (χ4n) is 1.47. The second-order valence-electron chi connectivity index (χ2n) is 4.09. The zero-order chi connectivity index (χ0) is 12.1. The molecule has 1 aromatic heterocycles. The van der Waals surface area contributed by atoms with Crippen LogP contribution in [-0.2, 0) is 0 Å². The van der Waals surface area contributed by atoms with Crippen molar-refractivity contribution >= 4 is 17.5 Å². The van der Waals surface area contributed by atoms with Gasteiger partial charge in [-0.1, -0.05) is 13.8 Å². The third kappa shape index (κ3) is 3.54. The van der Waals surface area contributed by atoms with E-state index in [-0.39, 0.29) is 23.8 Å². The first-order valence-corrected chi connectivity index (χ1v) is 5.57. The van der Waals surface area contributed by atoms with Crippen molar-refractivity contribution in [3.05, 3.63) is 23.1 Å². The summed E-state index contributed by atoms with van der Waals surface area (Å²) < 4.78 is 4.82.